The monoisotopic (exact) mass is 316 g/mol. The molecule has 0 saturated heterocycles. The summed E-state index contributed by atoms with van der Waals surface area (Å²) in [5, 5.41) is 22.1. The van der Waals surface area contributed by atoms with Crippen LogP contribution in [-0.4, -0.2) is 29.1 Å². The molecule has 0 saturated carbocycles. The number of halogens is 1. The molecule has 6 nitrogen and oxygen atoms in total. The van der Waals surface area contributed by atoms with E-state index >= 15 is 0 Å². The summed E-state index contributed by atoms with van der Waals surface area (Å²) < 4.78 is 0.327. The van der Waals surface area contributed by atoms with Crippen LogP contribution in [-0.2, 0) is 0 Å². The summed E-state index contributed by atoms with van der Waals surface area (Å²) in [7, 11) is 0. The summed E-state index contributed by atoms with van der Waals surface area (Å²) in [6.07, 6.45) is 0. The van der Waals surface area contributed by atoms with E-state index in [9.17, 15) is 14.9 Å². The minimum atomic E-state index is -0.558. The van der Waals surface area contributed by atoms with Crippen LogP contribution in [0, 0.1) is 16.0 Å². The van der Waals surface area contributed by atoms with Gasteiger partial charge in [-0.3, -0.25) is 14.9 Å². The highest BCUT2D eigenvalue weighted by Crippen LogP contribution is 2.25. The van der Waals surface area contributed by atoms with E-state index in [-0.39, 0.29) is 23.8 Å². The maximum Gasteiger partial charge on any atom is 0.284 e. The Morgan fingerprint density at radius 2 is 2.28 bits per heavy atom. The van der Waals surface area contributed by atoms with Crippen molar-refractivity contribution in [2.45, 2.75) is 6.92 Å². The fourth-order valence-corrected chi connectivity index (χ4v) is 1.62. The fraction of sp³-hybridized carbons (Fsp3) is 0.364. The second-order valence-corrected chi connectivity index (χ2v) is 4.78. The van der Waals surface area contributed by atoms with Gasteiger partial charge >= 0.3 is 0 Å². The van der Waals surface area contributed by atoms with Crippen molar-refractivity contribution in [3.63, 3.8) is 0 Å². The first-order valence-corrected chi connectivity index (χ1v) is 6.08. The molecule has 18 heavy (non-hydrogen) atoms. The van der Waals surface area contributed by atoms with Crippen LogP contribution in [0.3, 0.4) is 0 Å². The van der Waals surface area contributed by atoms with Crippen LogP contribution in [0.15, 0.2) is 22.7 Å². The largest absolute Gasteiger partial charge is 0.396 e. The molecule has 98 valence electrons. The minimum absolute atomic E-state index is 0.0270. The standard InChI is InChI=1S/C11H13BrN2O4/c1-7(6-15)5-13-11(16)8-2-3-9(12)10(4-8)14(17)18/h2-4,7,15H,5-6H2,1H3,(H,13,16). The van der Waals surface area contributed by atoms with Gasteiger partial charge in [0.1, 0.15) is 0 Å². The smallest absolute Gasteiger partial charge is 0.284 e. The van der Waals surface area contributed by atoms with Crippen LogP contribution in [0.25, 0.3) is 0 Å². The lowest BCUT2D eigenvalue weighted by atomic mass is 10.1. The van der Waals surface area contributed by atoms with Gasteiger partial charge in [-0.1, -0.05) is 6.92 Å². The second kappa shape index (κ2) is 6.46. The summed E-state index contributed by atoms with van der Waals surface area (Å²) >= 11 is 3.05. The lowest BCUT2D eigenvalue weighted by Crippen LogP contribution is -2.29. The van der Waals surface area contributed by atoms with Crippen molar-refractivity contribution in [3.05, 3.63) is 38.3 Å². The number of rotatable bonds is 5. The van der Waals surface area contributed by atoms with Crippen LogP contribution in [0.2, 0.25) is 0 Å². The Morgan fingerprint density at radius 3 is 2.83 bits per heavy atom. The third-order valence-electron chi connectivity index (χ3n) is 2.33. The molecule has 0 bridgehead atoms. The lowest BCUT2D eigenvalue weighted by molar-refractivity contribution is -0.385. The molecule has 1 unspecified atom stereocenters. The predicted octanol–water partition coefficient (Wildman–Crippen LogP) is 1.72. The molecule has 1 atom stereocenters. The summed E-state index contributed by atoms with van der Waals surface area (Å²) in [6, 6.07) is 4.17. The Labute approximate surface area is 112 Å². The van der Waals surface area contributed by atoms with Gasteiger partial charge < -0.3 is 10.4 Å². The SMILES string of the molecule is CC(CO)CNC(=O)c1ccc(Br)c([N+](=O)[O-])c1. The van der Waals surface area contributed by atoms with Crippen molar-refractivity contribution in [1.29, 1.82) is 0 Å². The molecular weight excluding hydrogens is 304 g/mol. The number of benzene rings is 1. The van der Waals surface area contributed by atoms with Crippen LogP contribution in [0.4, 0.5) is 5.69 Å². The van der Waals surface area contributed by atoms with E-state index in [1.165, 1.54) is 18.2 Å². The number of carbonyl (C=O) groups is 1. The number of amides is 1. The van der Waals surface area contributed by atoms with Crippen LogP contribution in [0.1, 0.15) is 17.3 Å². The summed E-state index contributed by atoms with van der Waals surface area (Å²) in [4.78, 5) is 21.9. The van der Waals surface area contributed by atoms with Crippen LogP contribution < -0.4 is 5.32 Å². The summed E-state index contributed by atoms with van der Waals surface area (Å²) in [6.45, 7) is 2.07. The zero-order valence-electron chi connectivity index (χ0n) is 9.72. The first-order chi connectivity index (χ1) is 8.45. The molecule has 0 fully saturated rings. The van der Waals surface area contributed by atoms with Crippen molar-refractivity contribution >= 4 is 27.5 Å². The Balaban J connectivity index is 2.80. The maximum absolute atomic E-state index is 11.7. The van der Waals surface area contributed by atoms with E-state index in [0.29, 0.717) is 11.0 Å². The average Bonchev–Trinajstić information content (AvgIpc) is 2.35. The van der Waals surface area contributed by atoms with E-state index in [1.54, 1.807) is 6.92 Å². The highest BCUT2D eigenvalue weighted by molar-refractivity contribution is 9.10. The van der Waals surface area contributed by atoms with Crippen molar-refractivity contribution < 1.29 is 14.8 Å². The molecule has 0 aliphatic rings. The highest BCUT2D eigenvalue weighted by atomic mass is 79.9. The number of hydrogen-bond acceptors (Lipinski definition) is 4. The fourth-order valence-electron chi connectivity index (χ4n) is 1.23. The minimum Gasteiger partial charge on any atom is -0.396 e. The number of nitro groups is 1. The molecule has 0 spiro atoms. The van der Waals surface area contributed by atoms with E-state index in [4.69, 9.17) is 5.11 Å². The molecule has 0 heterocycles. The van der Waals surface area contributed by atoms with Crippen molar-refractivity contribution in [1.82, 2.24) is 5.32 Å². The molecule has 1 rings (SSSR count). The molecule has 2 N–H and O–H groups in total. The van der Waals surface area contributed by atoms with Gasteiger partial charge in [0.05, 0.1) is 9.40 Å². The molecule has 1 aromatic rings. The first-order valence-electron chi connectivity index (χ1n) is 5.28. The number of aliphatic hydroxyl groups excluding tert-OH is 1. The van der Waals surface area contributed by atoms with E-state index in [1.807, 2.05) is 0 Å². The first kappa shape index (κ1) is 14.6. The molecule has 1 amide bonds. The number of carbonyl (C=O) groups excluding carboxylic acids is 1. The van der Waals surface area contributed by atoms with Gasteiger partial charge in [0.15, 0.2) is 0 Å². The molecule has 0 aromatic heterocycles. The Morgan fingerprint density at radius 1 is 1.61 bits per heavy atom. The van der Waals surface area contributed by atoms with Crippen molar-refractivity contribution in [3.8, 4) is 0 Å². The number of nitro benzene ring substituents is 1. The molecule has 0 radical (unpaired) electrons. The van der Waals surface area contributed by atoms with Gasteiger partial charge in [-0.15, -0.1) is 0 Å². The molecule has 0 aliphatic heterocycles. The van der Waals surface area contributed by atoms with Crippen LogP contribution >= 0.6 is 15.9 Å². The predicted molar refractivity (Wildman–Crippen MR) is 69.4 cm³/mol. The number of nitrogens with zero attached hydrogens (tertiary/aromatic N) is 1. The van der Waals surface area contributed by atoms with E-state index < -0.39 is 10.8 Å². The second-order valence-electron chi connectivity index (χ2n) is 3.92. The third kappa shape index (κ3) is 3.78. The van der Waals surface area contributed by atoms with E-state index in [2.05, 4.69) is 21.2 Å². The van der Waals surface area contributed by atoms with Gasteiger partial charge in [-0.05, 0) is 34.0 Å². The average molecular weight is 317 g/mol. The van der Waals surface area contributed by atoms with Gasteiger partial charge in [0, 0.05) is 24.8 Å². The summed E-state index contributed by atoms with van der Waals surface area (Å²) in [5.41, 5.74) is 0.0629. The number of nitrogens with one attached hydrogen (secondary N) is 1. The lowest BCUT2D eigenvalue weighted by Gasteiger charge is -2.09. The molecule has 1 aromatic carbocycles. The molecular formula is C11H13BrN2O4. The third-order valence-corrected chi connectivity index (χ3v) is 3.00. The topological polar surface area (TPSA) is 92.5 Å². The normalized spacial score (nSPS) is 11.9. The molecule has 7 heteroatoms. The van der Waals surface area contributed by atoms with E-state index in [0.717, 1.165) is 0 Å². The Kier molecular flexibility index (Phi) is 5.24. The zero-order valence-corrected chi connectivity index (χ0v) is 11.3. The van der Waals surface area contributed by atoms with Gasteiger partial charge in [-0.25, -0.2) is 0 Å². The van der Waals surface area contributed by atoms with Crippen molar-refractivity contribution in [2.24, 2.45) is 5.92 Å². The van der Waals surface area contributed by atoms with Crippen molar-refractivity contribution in [2.75, 3.05) is 13.2 Å². The quantitative estimate of drug-likeness (QED) is 0.639. The van der Waals surface area contributed by atoms with Gasteiger partial charge in [0.2, 0.25) is 0 Å². The van der Waals surface area contributed by atoms with Gasteiger partial charge in [0.25, 0.3) is 11.6 Å². The number of hydrogen-bond donors (Lipinski definition) is 2. The Hall–Kier alpha value is -1.47. The summed E-state index contributed by atoms with van der Waals surface area (Å²) in [5.74, 6) is -0.453. The molecule has 0 aliphatic carbocycles. The van der Waals surface area contributed by atoms with Crippen LogP contribution in [0.5, 0.6) is 0 Å². The highest BCUT2D eigenvalue weighted by Gasteiger charge is 2.16. The Bertz CT molecular complexity index is 464. The maximum atomic E-state index is 11.7. The van der Waals surface area contributed by atoms with Gasteiger partial charge in [-0.2, -0.15) is 0 Å². The number of aliphatic hydroxyl groups is 1. The zero-order chi connectivity index (χ0) is 13.7.